The molecule has 1 aliphatic rings. The van der Waals surface area contributed by atoms with Crippen molar-refractivity contribution in [3.63, 3.8) is 0 Å². The number of ether oxygens (including phenoxy) is 1. The van der Waals surface area contributed by atoms with Crippen molar-refractivity contribution in [2.24, 2.45) is 0 Å². The molecule has 1 aliphatic carbocycles. The van der Waals surface area contributed by atoms with Crippen molar-refractivity contribution in [3.8, 4) is 11.6 Å². The van der Waals surface area contributed by atoms with E-state index in [1.54, 1.807) is 6.20 Å². The van der Waals surface area contributed by atoms with Crippen molar-refractivity contribution < 1.29 is 13.5 Å². The quantitative estimate of drug-likeness (QED) is 0.333. The topological polar surface area (TPSA) is 52.8 Å². The lowest BCUT2D eigenvalue weighted by molar-refractivity contribution is 0.113. The maximum Gasteiger partial charge on any atom is 0.355 e. The van der Waals surface area contributed by atoms with Crippen LogP contribution in [0.4, 0.5) is 8.78 Å². The summed E-state index contributed by atoms with van der Waals surface area (Å²) in [7, 11) is 0. The van der Waals surface area contributed by atoms with Crippen molar-refractivity contribution in [2.45, 2.75) is 48.6 Å². The zero-order valence-corrected chi connectivity index (χ0v) is 18.1. The summed E-state index contributed by atoms with van der Waals surface area (Å²) >= 11 is 1.12. The molecular formula is C21H21F2IN4O. The Kier molecular flexibility index (Phi) is 5.80. The van der Waals surface area contributed by atoms with Crippen molar-refractivity contribution in [2.75, 3.05) is 0 Å². The van der Waals surface area contributed by atoms with E-state index in [1.807, 2.05) is 49.4 Å². The highest BCUT2D eigenvalue weighted by Crippen LogP contribution is 2.39. The predicted molar refractivity (Wildman–Crippen MR) is 114 cm³/mol. The summed E-state index contributed by atoms with van der Waals surface area (Å²) in [5.41, 5.74) is 1.73. The molecule has 0 amide bonds. The number of rotatable bonds is 5. The Hall–Kier alpha value is -2.10. The zero-order valence-electron chi connectivity index (χ0n) is 15.9. The Morgan fingerprint density at radius 1 is 1.03 bits per heavy atom. The van der Waals surface area contributed by atoms with Crippen LogP contribution in [-0.2, 0) is 3.93 Å². The first kappa shape index (κ1) is 20.2. The van der Waals surface area contributed by atoms with Gasteiger partial charge in [0, 0.05) is 46.5 Å². The van der Waals surface area contributed by atoms with Crippen molar-refractivity contribution in [1.29, 1.82) is 0 Å². The van der Waals surface area contributed by atoms with E-state index in [0.29, 0.717) is 17.4 Å². The van der Waals surface area contributed by atoms with Gasteiger partial charge in [0.2, 0.25) is 11.7 Å². The second kappa shape index (κ2) is 8.33. The fourth-order valence-corrected chi connectivity index (χ4v) is 4.07. The molecule has 0 aliphatic heterocycles. The highest BCUT2D eigenvalue weighted by molar-refractivity contribution is 14.1. The molecule has 8 heteroatoms. The number of pyridine rings is 1. The molecule has 0 unspecified atom stereocenters. The van der Waals surface area contributed by atoms with Gasteiger partial charge in [-0.2, -0.15) is 8.78 Å². The molecule has 1 saturated carbocycles. The number of hydrogen-bond donors (Lipinski definition) is 0. The lowest BCUT2D eigenvalue weighted by atomic mass is 9.86. The molecule has 2 heterocycles. The van der Waals surface area contributed by atoms with E-state index in [4.69, 9.17) is 4.74 Å². The van der Waals surface area contributed by atoms with E-state index in [-0.39, 0.29) is 17.8 Å². The molecule has 1 aromatic carbocycles. The van der Waals surface area contributed by atoms with Gasteiger partial charge in [0.1, 0.15) is 11.9 Å². The van der Waals surface area contributed by atoms with Crippen molar-refractivity contribution in [3.05, 3.63) is 65.9 Å². The molecule has 0 bridgehead atoms. The second-order valence-electron chi connectivity index (χ2n) is 7.31. The van der Waals surface area contributed by atoms with Crippen LogP contribution in [0.1, 0.15) is 48.8 Å². The minimum absolute atomic E-state index is 0.0554. The summed E-state index contributed by atoms with van der Waals surface area (Å²) in [5, 5.41) is 8.05. The van der Waals surface area contributed by atoms with Crippen LogP contribution >= 0.6 is 22.6 Å². The Labute approximate surface area is 181 Å². The highest BCUT2D eigenvalue weighted by atomic mass is 127. The molecule has 2 aromatic heterocycles. The Bertz CT molecular complexity index is 949. The number of hydrogen-bond acceptors (Lipinski definition) is 4. The minimum atomic E-state index is -3.10. The van der Waals surface area contributed by atoms with Crippen LogP contribution in [0.25, 0.3) is 5.69 Å². The standard InChI is InChI=1S/C21H21F2IN4O/c1-14-5-9-16(10-6-14)28-19(26-27-20(28)21(22,23)24)15-7-11-17(12-8-15)29-18-4-2-3-13-25-18/h2-6,9-10,13,15,17H,7-8,11-12H2,1H3. The lowest BCUT2D eigenvalue weighted by Crippen LogP contribution is -2.25. The van der Waals surface area contributed by atoms with Gasteiger partial charge in [0.05, 0.1) is 0 Å². The SMILES string of the molecule is Cc1ccc(-n2c(C3CCC(Oc4ccccn4)CC3)nnc2C(F)(F)I)cc1. The molecule has 0 spiro atoms. The van der Waals surface area contributed by atoms with Crippen LogP contribution < -0.4 is 4.74 Å². The predicted octanol–water partition coefficient (Wildman–Crippen LogP) is 5.56. The smallest absolute Gasteiger partial charge is 0.355 e. The fraction of sp³-hybridized carbons (Fsp3) is 0.381. The van der Waals surface area contributed by atoms with E-state index in [2.05, 4.69) is 15.2 Å². The van der Waals surface area contributed by atoms with E-state index in [1.165, 1.54) is 4.57 Å². The van der Waals surface area contributed by atoms with Crippen LogP contribution in [0.15, 0.2) is 48.7 Å². The van der Waals surface area contributed by atoms with Crippen LogP contribution in [0.5, 0.6) is 5.88 Å². The summed E-state index contributed by atoms with van der Waals surface area (Å²) in [6.45, 7) is 1.97. The number of nitrogens with zero attached hydrogens (tertiary/aromatic N) is 4. The maximum atomic E-state index is 14.2. The maximum absolute atomic E-state index is 14.2. The first-order valence-corrected chi connectivity index (χ1v) is 10.7. The Balaban J connectivity index is 1.56. The van der Waals surface area contributed by atoms with Crippen LogP contribution in [0, 0.1) is 6.92 Å². The van der Waals surface area contributed by atoms with E-state index in [9.17, 15) is 8.78 Å². The van der Waals surface area contributed by atoms with Gasteiger partial charge in [0.15, 0.2) is 0 Å². The zero-order chi connectivity index (χ0) is 20.4. The Morgan fingerprint density at radius 3 is 2.38 bits per heavy atom. The van der Waals surface area contributed by atoms with E-state index >= 15 is 0 Å². The number of benzene rings is 1. The minimum Gasteiger partial charge on any atom is -0.474 e. The van der Waals surface area contributed by atoms with Gasteiger partial charge in [-0.3, -0.25) is 4.57 Å². The average molecular weight is 510 g/mol. The first-order chi connectivity index (χ1) is 13.9. The van der Waals surface area contributed by atoms with Crippen LogP contribution in [-0.4, -0.2) is 25.9 Å². The van der Waals surface area contributed by atoms with Crippen LogP contribution in [0.3, 0.4) is 0 Å². The monoisotopic (exact) mass is 510 g/mol. The van der Waals surface area contributed by atoms with Crippen LogP contribution in [0.2, 0.25) is 0 Å². The average Bonchev–Trinajstić information content (AvgIpc) is 3.16. The van der Waals surface area contributed by atoms with Gasteiger partial charge >= 0.3 is 3.93 Å². The molecule has 0 N–H and O–H groups in total. The molecule has 3 aromatic rings. The first-order valence-electron chi connectivity index (χ1n) is 9.59. The van der Waals surface area contributed by atoms with Gasteiger partial charge in [-0.05, 0) is 50.8 Å². The molecule has 5 nitrogen and oxygen atoms in total. The molecule has 0 radical (unpaired) electrons. The van der Waals surface area contributed by atoms with Gasteiger partial charge in [0.25, 0.3) is 0 Å². The third kappa shape index (κ3) is 4.57. The summed E-state index contributed by atoms with van der Waals surface area (Å²) in [4.78, 5) is 4.21. The van der Waals surface area contributed by atoms with Crippen molar-refractivity contribution >= 4 is 22.6 Å². The third-order valence-electron chi connectivity index (χ3n) is 5.20. The molecule has 0 saturated heterocycles. The van der Waals surface area contributed by atoms with Gasteiger partial charge < -0.3 is 4.74 Å². The summed E-state index contributed by atoms with van der Waals surface area (Å²) in [6, 6.07) is 13.1. The fourth-order valence-electron chi connectivity index (χ4n) is 3.72. The molecule has 0 atom stereocenters. The van der Waals surface area contributed by atoms with Gasteiger partial charge in [-0.25, -0.2) is 4.98 Å². The largest absolute Gasteiger partial charge is 0.474 e. The highest BCUT2D eigenvalue weighted by Gasteiger charge is 2.37. The van der Waals surface area contributed by atoms with E-state index < -0.39 is 3.93 Å². The molecule has 152 valence electrons. The Morgan fingerprint density at radius 2 is 1.76 bits per heavy atom. The lowest BCUT2D eigenvalue weighted by Gasteiger charge is -2.28. The molecule has 4 rings (SSSR count). The van der Waals surface area contributed by atoms with Gasteiger partial charge in [-0.15, -0.1) is 10.2 Å². The van der Waals surface area contributed by atoms with Gasteiger partial charge in [-0.1, -0.05) is 23.8 Å². The summed E-state index contributed by atoms with van der Waals surface area (Å²) in [6.07, 6.45) is 5.01. The summed E-state index contributed by atoms with van der Waals surface area (Å²) in [5.74, 6) is 0.936. The normalized spacial score (nSPS) is 19.9. The second-order valence-corrected chi connectivity index (χ2v) is 8.66. The van der Waals surface area contributed by atoms with Crippen molar-refractivity contribution in [1.82, 2.24) is 19.7 Å². The number of halogens is 3. The number of alkyl halides is 3. The number of aryl methyl sites for hydroxylation is 1. The van der Waals surface area contributed by atoms with E-state index in [0.717, 1.165) is 53.8 Å². The number of aromatic nitrogens is 4. The molecular weight excluding hydrogens is 489 g/mol. The third-order valence-corrected chi connectivity index (χ3v) is 5.68. The molecule has 29 heavy (non-hydrogen) atoms. The molecule has 1 fully saturated rings. The summed E-state index contributed by atoms with van der Waals surface area (Å²) < 4.78 is 32.8.